The first kappa shape index (κ1) is 20.2. The zero-order valence-corrected chi connectivity index (χ0v) is 16.7. The first-order valence-corrected chi connectivity index (χ1v) is 9.81. The van der Waals surface area contributed by atoms with Gasteiger partial charge >= 0.3 is 5.97 Å². The molecule has 0 saturated carbocycles. The molecule has 0 fully saturated rings. The highest BCUT2D eigenvalue weighted by Crippen LogP contribution is 2.26. The Labute approximate surface area is 160 Å². The van der Waals surface area contributed by atoms with Crippen LogP contribution in [0.15, 0.2) is 22.5 Å². The number of carbonyl (C=O) groups is 2. The maximum absolute atomic E-state index is 12.5. The molecule has 0 aliphatic carbocycles. The maximum atomic E-state index is 12.5. The van der Waals surface area contributed by atoms with Crippen molar-refractivity contribution in [3.63, 3.8) is 0 Å². The zero-order chi connectivity index (χ0) is 19.1. The molecule has 0 spiro atoms. The van der Waals surface area contributed by atoms with Crippen LogP contribution in [0.2, 0.25) is 0 Å². The third-order valence-electron chi connectivity index (χ3n) is 3.44. The third kappa shape index (κ3) is 5.70. The Morgan fingerprint density at radius 3 is 2.73 bits per heavy atom. The van der Waals surface area contributed by atoms with Crippen molar-refractivity contribution in [3.05, 3.63) is 29.3 Å². The number of aromatic nitrogens is 2. The van der Waals surface area contributed by atoms with E-state index in [1.165, 1.54) is 30.2 Å². The zero-order valence-electron chi connectivity index (χ0n) is 15.1. The summed E-state index contributed by atoms with van der Waals surface area (Å²) in [5, 5.41) is 10.9. The van der Waals surface area contributed by atoms with Gasteiger partial charge in [-0.1, -0.05) is 47.7 Å². The summed E-state index contributed by atoms with van der Waals surface area (Å²) in [5.74, 6) is 0.202. The van der Waals surface area contributed by atoms with Crippen molar-refractivity contribution in [2.24, 2.45) is 0 Å². The van der Waals surface area contributed by atoms with E-state index in [0.29, 0.717) is 21.6 Å². The lowest BCUT2D eigenvalue weighted by Gasteiger charge is -2.18. The predicted molar refractivity (Wildman–Crippen MR) is 102 cm³/mol. The van der Waals surface area contributed by atoms with E-state index < -0.39 is 6.10 Å². The fourth-order valence-corrected chi connectivity index (χ4v) is 3.68. The second-order valence-corrected chi connectivity index (χ2v) is 7.71. The lowest BCUT2D eigenvalue weighted by molar-refractivity contribution is -0.137. The summed E-state index contributed by atoms with van der Waals surface area (Å²) in [4.78, 5) is 23.6. The van der Waals surface area contributed by atoms with E-state index in [2.05, 4.69) is 20.3 Å². The van der Waals surface area contributed by atoms with Gasteiger partial charge in [0.1, 0.15) is 5.75 Å². The number of nitrogens with one attached hydrogen (secondary N) is 1. The van der Waals surface area contributed by atoms with Gasteiger partial charge in [-0.25, -0.2) is 0 Å². The summed E-state index contributed by atoms with van der Waals surface area (Å²) >= 11 is 2.41. The molecule has 26 heavy (non-hydrogen) atoms. The number of esters is 1. The fraction of sp³-hybridized carbons (Fsp3) is 0.412. The van der Waals surface area contributed by atoms with Crippen molar-refractivity contribution < 1.29 is 19.1 Å². The number of rotatable bonds is 8. The summed E-state index contributed by atoms with van der Waals surface area (Å²) < 4.78 is 11.0. The van der Waals surface area contributed by atoms with Crippen LogP contribution in [0.4, 0.5) is 5.13 Å². The van der Waals surface area contributed by atoms with Crippen LogP contribution in [0.1, 0.15) is 24.5 Å². The molecule has 7 nitrogen and oxygen atoms in total. The molecular formula is C17H21N3O4S2. The number of ether oxygens (including phenoxy) is 2. The molecule has 2 aromatic rings. The normalized spacial score (nSPS) is 11.7. The quantitative estimate of drug-likeness (QED) is 0.417. The Bertz CT molecular complexity index is 779. The molecule has 2 rings (SSSR count). The average Bonchev–Trinajstić information content (AvgIpc) is 3.06. The second-order valence-electron chi connectivity index (χ2n) is 5.51. The minimum atomic E-state index is -0.633. The molecule has 0 aliphatic rings. The summed E-state index contributed by atoms with van der Waals surface area (Å²) in [5.41, 5.74) is 2.12. The van der Waals surface area contributed by atoms with Crippen LogP contribution < -0.4 is 10.1 Å². The highest BCUT2D eigenvalue weighted by atomic mass is 32.2. The Morgan fingerprint density at radius 1 is 1.31 bits per heavy atom. The number of benzene rings is 1. The fourth-order valence-electron chi connectivity index (χ4n) is 2.09. The van der Waals surface area contributed by atoms with Gasteiger partial charge < -0.3 is 9.47 Å². The van der Waals surface area contributed by atoms with Crippen molar-refractivity contribution in [3.8, 4) is 5.75 Å². The van der Waals surface area contributed by atoms with E-state index in [-0.39, 0.29) is 17.6 Å². The number of hydrogen-bond donors (Lipinski definition) is 1. The molecule has 0 radical (unpaired) electrons. The van der Waals surface area contributed by atoms with Gasteiger partial charge in [0.05, 0.1) is 12.9 Å². The topological polar surface area (TPSA) is 90.4 Å². The summed E-state index contributed by atoms with van der Waals surface area (Å²) in [6.07, 6.45) is -0.117. The number of aryl methyl sites for hydroxylation is 2. The molecule has 1 amide bonds. The monoisotopic (exact) mass is 395 g/mol. The van der Waals surface area contributed by atoms with Gasteiger partial charge in [0.2, 0.25) is 5.13 Å². The SMILES string of the molecule is CC[C@@H](Oc1ccc(C)cc1C)C(=O)Nc1nnc(SCC(=O)OC)s1. The minimum absolute atomic E-state index is 0.145. The molecule has 1 aromatic carbocycles. The van der Waals surface area contributed by atoms with Crippen LogP contribution in [0.25, 0.3) is 0 Å². The first-order valence-electron chi connectivity index (χ1n) is 8.00. The highest BCUT2D eigenvalue weighted by Gasteiger charge is 2.21. The van der Waals surface area contributed by atoms with Crippen molar-refractivity contribution in [1.29, 1.82) is 0 Å². The molecule has 0 unspecified atom stereocenters. The minimum Gasteiger partial charge on any atom is -0.480 e. The van der Waals surface area contributed by atoms with Crippen molar-refractivity contribution in [2.75, 3.05) is 18.2 Å². The van der Waals surface area contributed by atoms with Gasteiger partial charge in [0, 0.05) is 0 Å². The number of thioether (sulfide) groups is 1. The Morgan fingerprint density at radius 2 is 2.08 bits per heavy atom. The lowest BCUT2D eigenvalue weighted by Crippen LogP contribution is -2.32. The highest BCUT2D eigenvalue weighted by molar-refractivity contribution is 8.01. The van der Waals surface area contributed by atoms with E-state index in [4.69, 9.17) is 4.74 Å². The van der Waals surface area contributed by atoms with Crippen LogP contribution >= 0.6 is 23.1 Å². The molecule has 0 aliphatic heterocycles. The predicted octanol–water partition coefficient (Wildman–Crippen LogP) is 3.22. The van der Waals surface area contributed by atoms with Crippen LogP contribution in [0.3, 0.4) is 0 Å². The molecule has 1 atom stereocenters. The summed E-state index contributed by atoms with van der Waals surface area (Å²) in [6, 6.07) is 5.82. The average molecular weight is 396 g/mol. The standard InChI is InChI=1S/C17H21N3O4S2/c1-5-12(24-13-7-6-10(2)8-11(13)3)15(22)18-16-19-20-17(26-16)25-9-14(21)23-4/h6-8,12H,5,9H2,1-4H3,(H,18,19,22)/t12-/m1/s1. The van der Waals surface area contributed by atoms with Gasteiger partial charge in [0.25, 0.3) is 5.91 Å². The lowest BCUT2D eigenvalue weighted by atomic mass is 10.1. The molecule has 1 N–H and O–H groups in total. The van der Waals surface area contributed by atoms with E-state index >= 15 is 0 Å². The van der Waals surface area contributed by atoms with Gasteiger partial charge in [-0.05, 0) is 31.9 Å². The summed E-state index contributed by atoms with van der Waals surface area (Å²) in [6.45, 7) is 5.83. The Kier molecular flexibility index (Phi) is 7.40. The third-order valence-corrected chi connectivity index (χ3v) is 5.39. The van der Waals surface area contributed by atoms with E-state index in [1.54, 1.807) is 0 Å². The van der Waals surface area contributed by atoms with Crippen LogP contribution in [-0.2, 0) is 14.3 Å². The molecule has 0 saturated heterocycles. The van der Waals surface area contributed by atoms with Gasteiger partial charge in [-0.15, -0.1) is 10.2 Å². The van der Waals surface area contributed by atoms with Crippen LogP contribution in [-0.4, -0.2) is 41.0 Å². The number of anilines is 1. The van der Waals surface area contributed by atoms with Gasteiger partial charge in [-0.3, -0.25) is 14.9 Å². The molecule has 0 bridgehead atoms. The van der Waals surface area contributed by atoms with Crippen molar-refractivity contribution >= 4 is 40.1 Å². The van der Waals surface area contributed by atoms with Gasteiger partial charge in [0.15, 0.2) is 10.4 Å². The van der Waals surface area contributed by atoms with Crippen molar-refractivity contribution in [2.45, 2.75) is 37.6 Å². The van der Waals surface area contributed by atoms with Gasteiger partial charge in [-0.2, -0.15) is 0 Å². The molecule has 1 aromatic heterocycles. The molecule has 9 heteroatoms. The largest absolute Gasteiger partial charge is 0.480 e. The number of hydrogen-bond acceptors (Lipinski definition) is 8. The van der Waals surface area contributed by atoms with Crippen molar-refractivity contribution in [1.82, 2.24) is 10.2 Å². The number of amides is 1. The van der Waals surface area contributed by atoms with E-state index in [1.807, 2.05) is 39.0 Å². The van der Waals surface area contributed by atoms with E-state index in [9.17, 15) is 9.59 Å². The smallest absolute Gasteiger partial charge is 0.316 e. The molecule has 140 valence electrons. The van der Waals surface area contributed by atoms with Crippen LogP contribution in [0, 0.1) is 13.8 Å². The number of carbonyl (C=O) groups excluding carboxylic acids is 2. The van der Waals surface area contributed by atoms with Crippen LogP contribution in [0.5, 0.6) is 5.75 Å². The second kappa shape index (κ2) is 9.54. The number of nitrogens with zero attached hydrogens (tertiary/aromatic N) is 2. The number of methoxy groups -OCH3 is 1. The first-order chi connectivity index (χ1) is 12.4. The molecule has 1 heterocycles. The summed E-state index contributed by atoms with van der Waals surface area (Å²) in [7, 11) is 1.33. The Hall–Kier alpha value is -2.13. The Balaban J connectivity index is 1.96. The van der Waals surface area contributed by atoms with E-state index in [0.717, 1.165) is 11.1 Å². The molecular weight excluding hydrogens is 374 g/mol. The maximum Gasteiger partial charge on any atom is 0.316 e.